The van der Waals surface area contributed by atoms with Crippen molar-refractivity contribution in [3.05, 3.63) is 64.1 Å². The molecular formula is C15H15N5O2. The zero-order valence-corrected chi connectivity index (χ0v) is 12.2. The molecule has 22 heavy (non-hydrogen) atoms. The first kappa shape index (κ1) is 14.0. The summed E-state index contributed by atoms with van der Waals surface area (Å²) < 4.78 is 1.86. The summed E-state index contributed by atoms with van der Waals surface area (Å²) in [6, 6.07) is 10.5. The van der Waals surface area contributed by atoms with Gasteiger partial charge in [-0.2, -0.15) is 0 Å². The maximum absolute atomic E-state index is 11.2. The number of hydrogen-bond acceptors (Lipinski definition) is 5. The molecule has 1 atom stereocenters. The van der Waals surface area contributed by atoms with Crippen LogP contribution < -0.4 is 5.32 Å². The van der Waals surface area contributed by atoms with Crippen molar-refractivity contribution in [1.29, 1.82) is 0 Å². The summed E-state index contributed by atoms with van der Waals surface area (Å²) in [5, 5.41) is 22.6. The molecule has 0 saturated carbocycles. The standard InChI is InChI=1S/C15H15N5O2/c1-10-6-7-12(13(9-10)20(21)22)16-11(2)15-18-17-14-5-3-4-8-19(14)15/h3-9,11,16H,1-2H3. The summed E-state index contributed by atoms with van der Waals surface area (Å²) >= 11 is 0. The van der Waals surface area contributed by atoms with Crippen molar-refractivity contribution in [2.45, 2.75) is 19.9 Å². The Morgan fingerprint density at radius 1 is 1.27 bits per heavy atom. The first-order valence-electron chi connectivity index (χ1n) is 6.87. The van der Waals surface area contributed by atoms with Gasteiger partial charge >= 0.3 is 0 Å². The van der Waals surface area contributed by atoms with Gasteiger partial charge in [0, 0.05) is 12.3 Å². The van der Waals surface area contributed by atoms with E-state index in [1.165, 1.54) is 0 Å². The molecule has 0 aliphatic rings. The Bertz CT molecular complexity index is 843. The quantitative estimate of drug-likeness (QED) is 0.590. The van der Waals surface area contributed by atoms with Crippen molar-refractivity contribution in [2.75, 3.05) is 5.32 Å². The predicted molar refractivity (Wildman–Crippen MR) is 82.9 cm³/mol. The normalized spacial score (nSPS) is 12.3. The molecule has 0 radical (unpaired) electrons. The molecule has 2 aromatic heterocycles. The number of aryl methyl sites for hydroxylation is 1. The summed E-state index contributed by atoms with van der Waals surface area (Å²) in [6.07, 6.45) is 1.87. The number of fused-ring (bicyclic) bond motifs is 1. The van der Waals surface area contributed by atoms with Crippen molar-refractivity contribution < 1.29 is 4.92 Å². The van der Waals surface area contributed by atoms with E-state index in [-0.39, 0.29) is 16.7 Å². The highest BCUT2D eigenvalue weighted by atomic mass is 16.6. The number of nitro groups is 1. The SMILES string of the molecule is Cc1ccc(NC(C)c2nnc3ccccn23)c([N+](=O)[O-])c1. The van der Waals surface area contributed by atoms with Crippen LogP contribution in [-0.4, -0.2) is 19.5 Å². The molecule has 0 spiro atoms. The third kappa shape index (κ3) is 2.48. The van der Waals surface area contributed by atoms with Gasteiger partial charge in [0.25, 0.3) is 5.69 Å². The molecule has 112 valence electrons. The van der Waals surface area contributed by atoms with E-state index >= 15 is 0 Å². The van der Waals surface area contributed by atoms with Gasteiger partial charge in [-0.15, -0.1) is 10.2 Å². The number of aromatic nitrogens is 3. The van der Waals surface area contributed by atoms with Crippen LogP contribution in [0.25, 0.3) is 5.65 Å². The largest absolute Gasteiger partial charge is 0.370 e. The van der Waals surface area contributed by atoms with Crippen LogP contribution in [0.15, 0.2) is 42.6 Å². The van der Waals surface area contributed by atoms with Crippen molar-refractivity contribution in [1.82, 2.24) is 14.6 Å². The van der Waals surface area contributed by atoms with Gasteiger partial charge in [0.15, 0.2) is 11.5 Å². The van der Waals surface area contributed by atoms with Gasteiger partial charge in [0.05, 0.1) is 11.0 Å². The van der Waals surface area contributed by atoms with Crippen LogP contribution in [0.5, 0.6) is 0 Å². The first-order valence-corrected chi connectivity index (χ1v) is 6.87. The van der Waals surface area contributed by atoms with Gasteiger partial charge in [-0.3, -0.25) is 14.5 Å². The molecule has 2 heterocycles. The highest BCUT2D eigenvalue weighted by Crippen LogP contribution is 2.28. The van der Waals surface area contributed by atoms with Crippen LogP contribution in [0.1, 0.15) is 24.4 Å². The molecule has 1 N–H and O–H groups in total. The van der Waals surface area contributed by atoms with Crippen LogP contribution in [-0.2, 0) is 0 Å². The Morgan fingerprint density at radius 2 is 2.09 bits per heavy atom. The number of anilines is 1. The van der Waals surface area contributed by atoms with Crippen molar-refractivity contribution >= 4 is 17.0 Å². The van der Waals surface area contributed by atoms with E-state index in [0.29, 0.717) is 11.5 Å². The predicted octanol–water partition coefficient (Wildman–Crippen LogP) is 3.12. The number of benzene rings is 1. The average Bonchev–Trinajstić information content (AvgIpc) is 2.93. The summed E-state index contributed by atoms with van der Waals surface area (Å²) in [5.74, 6) is 0.700. The Hall–Kier alpha value is -2.96. The molecule has 0 amide bonds. The summed E-state index contributed by atoms with van der Waals surface area (Å²) in [5.41, 5.74) is 2.11. The van der Waals surface area contributed by atoms with Crippen LogP contribution in [0.4, 0.5) is 11.4 Å². The lowest BCUT2D eigenvalue weighted by molar-refractivity contribution is -0.384. The molecule has 1 unspecified atom stereocenters. The van der Waals surface area contributed by atoms with Crippen LogP contribution >= 0.6 is 0 Å². The molecule has 0 bridgehead atoms. The van der Waals surface area contributed by atoms with Gasteiger partial charge in [-0.05, 0) is 37.6 Å². The maximum Gasteiger partial charge on any atom is 0.292 e. The lowest BCUT2D eigenvalue weighted by Gasteiger charge is -2.14. The lowest BCUT2D eigenvalue weighted by Crippen LogP contribution is -2.12. The Balaban J connectivity index is 1.95. The number of pyridine rings is 1. The zero-order valence-electron chi connectivity index (χ0n) is 12.2. The zero-order chi connectivity index (χ0) is 15.7. The topological polar surface area (TPSA) is 85.4 Å². The average molecular weight is 297 g/mol. The first-order chi connectivity index (χ1) is 10.6. The highest BCUT2D eigenvalue weighted by Gasteiger charge is 2.19. The molecule has 1 aromatic carbocycles. The number of hydrogen-bond donors (Lipinski definition) is 1. The van der Waals surface area contributed by atoms with Gasteiger partial charge in [-0.25, -0.2) is 0 Å². The molecular weight excluding hydrogens is 282 g/mol. The van der Waals surface area contributed by atoms with E-state index < -0.39 is 0 Å². The Morgan fingerprint density at radius 3 is 2.86 bits per heavy atom. The molecule has 0 aliphatic heterocycles. The maximum atomic E-state index is 11.2. The third-order valence-corrected chi connectivity index (χ3v) is 3.45. The van der Waals surface area contributed by atoms with E-state index in [4.69, 9.17) is 0 Å². The molecule has 0 fully saturated rings. The number of nitro benzene ring substituents is 1. The van der Waals surface area contributed by atoms with E-state index in [9.17, 15) is 10.1 Å². The van der Waals surface area contributed by atoms with Crippen LogP contribution in [0.3, 0.4) is 0 Å². The van der Waals surface area contributed by atoms with Crippen LogP contribution in [0, 0.1) is 17.0 Å². The minimum absolute atomic E-state index is 0.0562. The van der Waals surface area contributed by atoms with E-state index in [0.717, 1.165) is 11.2 Å². The molecule has 7 heteroatoms. The summed E-state index contributed by atoms with van der Waals surface area (Å²) in [6.45, 7) is 3.72. The number of rotatable bonds is 4. The molecule has 3 aromatic rings. The van der Waals surface area contributed by atoms with E-state index in [1.807, 2.05) is 48.7 Å². The van der Waals surface area contributed by atoms with E-state index in [2.05, 4.69) is 15.5 Å². The van der Waals surface area contributed by atoms with Crippen molar-refractivity contribution in [3.63, 3.8) is 0 Å². The summed E-state index contributed by atoms with van der Waals surface area (Å²) in [7, 11) is 0. The molecule has 0 aliphatic carbocycles. The second kappa shape index (κ2) is 5.44. The van der Waals surface area contributed by atoms with Gasteiger partial charge in [0.1, 0.15) is 5.69 Å². The smallest absolute Gasteiger partial charge is 0.292 e. The monoisotopic (exact) mass is 297 g/mol. The molecule has 3 rings (SSSR count). The fourth-order valence-electron chi connectivity index (χ4n) is 2.37. The second-order valence-electron chi connectivity index (χ2n) is 5.13. The third-order valence-electron chi connectivity index (χ3n) is 3.45. The van der Waals surface area contributed by atoms with E-state index in [1.54, 1.807) is 12.1 Å². The Labute approximate surface area is 126 Å². The lowest BCUT2D eigenvalue weighted by atomic mass is 10.1. The fourth-order valence-corrected chi connectivity index (χ4v) is 2.37. The molecule has 7 nitrogen and oxygen atoms in total. The number of nitrogens with zero attached hydrogens (tertiary/aromatic N) is 4. The van der Waals surface area contributed by atoms with Gasteiger partial charge in [-0.1, -0.05) is 12.1 Å². The van der Waals surface area contributed by atoms with Gasteiger partial charge < -0.3 is 5.32 Å². The Kier molecular flexibility index (Phi) is 3.46. The minimum Gasteiger partial charge on any atom is -0.370 e. The van der Waals surface area contributed by atoms with Gasteiger partial charge in [0.2, 0.25) is 0 Å². The van der Waals surface area contributed by atoms with Crippen LogP contribution in [0.2, 0.25) is 0 Å². The fraction of sp³-hybridized carbons (Fsp3) is 0.200. The minimum atomic E-state index is -0.385. The second-order valence-corrected chi connectivity index (χ2v) is 5.13. The molecule has 0 saturated heterocycles. The summed E-state index contributed by atoms with van der Waals surface area (Å²) in [4.78, 5) is 10.8. The highest BCUT2D eigenvalue weighted by molar-refractivity contribution is 5.63. The number of nitrogens with one attached hydrogen (secondary N) is 1. The van der Waals surface area contributed by atoms with Crippen molar-refractivity contribution in [3.8, 4) is 0 Å². The van der Waals surface area contributed by atoms with Crippen molar-refractivity contribution in [2.24, 2.45) is 0 Å².